The van der Waals surface area contributed by atoms with Crippen LogP contribution in [0.4, 0.5) is 8.78 Å². The van der Waals surface area contributed by atoms with Crippen LogP contribution in [-0.4, -0.2) is 30.3 Å². The Hall–Kier alpha value is -1.80. The molecule has 5 nitrogen and oxygen atoms in total. The number of carbonyl (C=O) groups excluding carboxylic acids is 1. The van der Waals surface area contributed by atoms with Crippen molar-refractivity contribution in [1.82, 2.24) is 0 Å². The second-order valence-corrected chi connectivity index (χ2v) is 5.34. The molecular formula is C12H11F2O5S-. The molecule has 1 aromatic rings. The van der Waals surface area contributed by atoms with Gasteiger partial charge in [-0.15, -0.1) is 0 Å². The zero-order chi connectivity index (χ0) is 15.6. The first-order chi connectivity index (χ1) is 9.09. The molecule has 0 heterocycles. The maximum atomic E-state index is 13.1. The predicted molar refractivity (Wildman–Crippen MR) is 66.1 cm³/mol. The molecule has 0 aliphatic rings. The lowest BCUT2D eigenvalue weighted by atomic mass is 10.1. The molecule has 8 heteroatoms. The number of benzene rings is 1. The highest BCUT2D eigenvalue weighted by atomic mass is 32.2. The van der Waals surface area contributed by atoms with Crippen molar-refractivity contribution in [2.24, 2.45) is 0 Å². The molecule has 1 rings (SSSR count). The molecule has 1 aromatic carbocycles. The van der Waals surface area contributed by atoms with Crippen LogP contribution in [0.15, 0.2) is 30.8 Å². The van der Waals surface area contributed by atoms with E-state index in [9.17, 15) is 26.5 Å². The zero-order valence-corrected chi connectivity index (χ0v) is 11.2. The van der Waals surface area contributed by atoms with Gasteiger partial charge in [-0.1, -0.05) is 24.8 Å². The lowest BCUT2D eigenvalue weighted by Gasteiger charge is -2.25. The quantitative estimate of drug-likeness (QED) is 0.614. The Balaban J connectivity index is 2.87. The molecular weight excluding hydrogens is 294 g/mol. The van der Waals surface area contributed by atoms with Crippen LogP contribution in [0, 0.1) is 0 Å². The minimum Gasteiger partial charge on any atom is -0.743 e. The molecule has 0 radical (unpaired) electrons. The summed E-state index contributed by atoms with van der Waals surface area (Å²) >= 11 is 0. The van der Waals surface area contributed by atoms with Gasteiger partial charge in [-0.2, -0.15) is 8.78 Å². The normalized spacial score (nSPS) is 13.6. The van der Waals surface area contributed by atoms with Crippen molar-refractivity contribution in [1.29, 1.82) is 0 Å². The van der Waals surface area contributed by atoms with E-state index in [-0.39, 0.29) is 5.56 Å². The number of ether oxygens (including phenoxy) is 1. The van der Waals surface area contributed by atoms with E-state index in [0.29, 0.717) is 12.5 Å². The number of hydrogen-bond acceptors (Lipinski definition) is 5. The van der Waals surface area contributed by atoms with Gasteiger partial charge in [-0.3, -0.25) is 0 Å². The monoisotopic (exact) mass is 305 g/mol. The number of hydrogen-bond donors (Lipinski definition) is 0. The molecule has 0 spiro atoms. The third-order valence-electron chi connectivity index (χ3n) is 2.47. The topological polar surface area (TPSA) is 83.5 Å². The van der Waals surface area contributed by atoms with Crippen molar-refractivity contribution in [2.45, 2.75) is 18.3 Å². The SMILES string of the molecule is C=Cc1ccc(C(=O)OC(C)C(F)(F)S(=O)(=O)[O-])cc1. The lowest BCUT2D eigenvalue weighted by molar-refractivity contribution is -0.0554. The Labute approximate surface area is 114 Å². The van der Waals surface area contributed by atoms with Gasteiger partial charge in [-0.25, -0.2) is 13.2 Å². The molecule has 20 heavy (non-hydrogen) atoms. The van der Waals surface area contributed by atoms with Gasteiger partial charge in [0.05, 0.1) is 5.56 Å². The maximum Gasteiger partial charge on any atom is 0.370 e. The van der Waals surface area contributed by atoms with Gasteiger partial charge >= 0.3 is 11.2 Å². The molecule has 0 aliphatic carbocycles. The average Bonchev–Trinajstić information content (AvgIpc) is 2.37. The standard InChI is InChI=1S/C12H12F2O5S/c1-3-9-4-6-10(7-5-9)11(15)19-8(2)12(13,14)20(16,17)18/h3-8H,1H2,2H3,(H,16,17,18)/p-1. The summed E-state index contributed by atoms with van der Waals surface area (Å²) < 4.78 is 61.7. The molecule has 0 saturated carbocycles. The summed E-state index contributed by atoms with van der Waals surface area (Å²) in [5, 5.41) is -4.69. The largest absolute Gasteiger partial charge is 0.743 e. The van der Waals surface area contributed by atoms with E-state index in [1.807, 2.05) is 0 Å². The summed E-state index contributed by atoms with van der Waals surface area (Å²) in [4.78, 5) is 11.6. The minimum absolute atomic E-state index is 0.0541. The second kappa shape index (κ2) is 5.68. The number of rotatable bonds is 5. The van der Waals surface area contributed by atoms with Gasteiger partial charge in [0.2, 0.25) is 0 Å². The van der Waals surface area contributed by atoms with Crippen LogP contribution in [0.2, 0.25) is 0 Å². The number of halogens is 2. The van der Waals surface area contributed by atoms with Crippen molar-refractivity contribution >= 4 is 22.2 Å². The van der Waals surface area contributed by atoms with E-state index in [0.717, 1.165) is 0 Å². The molecule has 0 bridgehead atoms. The van der Waals surface area contributed by atoms with Crippen LogP contribution in [0.5, 0.6) is 0 Å². The molecule has 0 N–H and O–H groups in total. The molecule has 0 fully saturated rings. The molecule has 1 unspecified atom stereocenters. The number of esters is 1. The number of carbonyl (C=O) groups is 1. The van der Waals surface area contributed by atoms with Gasteiger partial charge in [0, 0.05) is 0 Å². The molecule has 0 saturated heterocycles. The van der Waals surface area contributed by atoms with E-state index < -0.39 is 27.4 Å². The van der Waals surface area contributed by atoms with E-state index >= 15 is 0 Å². The van der Waals surface area contributed by atoms with Crippen LogP contribution in [-0.2, 0) is 14.9 Å². The minimum atomic E-state index is -5.91. The fraction of sp³-hybridized carbons (Fsp3) is 0.250. The van der Waals surface area contributed by atoms with E-state index in [1.165, 1.54) is 30.3 Å². The van der Waals surface area contributed by atoms with Crippen molar-refractivity contribution in [3.05, 3.63) is 42.0 Å². The van der Waals surface area contributed by atoms with Gasteiger partial charge < -0.3 is 9.29 Å². The maximum absolute atomic E-state index is 13.1. The van der Waals surface area contributed by atoms with Crippen LogP contribution in [0.3, 0.4) is 0 Å². The highest BCUT2D eigenvalue weighted by Gasteiger charge is 2.46. The van der Waals surface area contributed by atoms with Crippen LogP contribution in [0.1, 0.15) is 22.8 Å². The number of alkyl halides is 2. The Morgan fingerprint density at radius 3 is 2.30 bits per heavy atom. The average molecular weight is 305 g/mol. The van der Waals surface area contributed by atoms with Crippen molar-refractivity contribution in [2.75, 3.05) is 0 Å². The first-order valence-electron chi connectivity index (χ1n) is 5.36. The fourth-order valence-corrected chi connectivity index (χ4v) is 1.71. The summed E-state index contributed by atoms with van der Waals surface area (Å²) in [6, 6.07) is 5.60. The molecule has 0 amide bonds. The van der Waals surface area contributed by atoms with Crippen molar-refractivity contribution in [3.8, 4) is 0 Å². The highest BCUT2D eigenvalue weighted by Crippen LogP contribution is 2.27. The summed E-state index contributed by atoms with van der Waals surface area (Å²) in [7, 11) is -5.91. The first kappa shape index (κ1) is 16.3. The summed E-state index contributed by atoms with van der Waals surface area (Å²) in [6.45, 7) is 4.13. The molecule has 0 aromatic heterocycles. The first-order valence-corrected chi connectivity index (χ1v) is 6.77. The van der Waals surface area contributed by atoms with E-state index in [1.54, 1.807) is 0 Å². The molecule has 1 atom stereocenters. The van der Waals surface area contributed by atoms with E-state index in [2.05, 4.69) is 11.3 Å². The van der Waals surface area contributed by atoms with Crippen molar-refractivity contribution < 1.29 is 31.3 Å². The van der Waals surface area contributed by atoms with Gasteiger partial charge in [0.1, 0.15) is 0 Å². The van der Waals surface area contributed by atoms with Gasteiger partial charge in [0.15, 0.2) is 16.2 Å². The van der Waals surface area contributed by atoms with Crippen molar-refractivity contribution in [3.63, 3.8) is 0 Å². The molecule has 110 valence electrons. The third kappa shape index (κ3) is 3.40. The predicted octanol–water partition coefficient (Wildman–Crippen LogP) is 2.01. The Kier molecular flexibility index (Phi) is 4.61. The van der Waals surface area contributed by atoms with Crippen LogP contribution >= 0.6 is 0 Å². The van der Waals surface area contributed by atoms with Crippen LogP contribution < -0.4 is 0 Å². The smallest absolute Gasteiger partial charge is 0.370 e. The summed E-state index contributed by atoms with van der Waals surface area (Å²) in [6.07, 6.45) is -0.882. The van der Waals surface area contributed by atoms with E-state index in [4.69, 9.17) is 0 Å². The van der Waals surface area contributed by atoms with Gasteiger partial charge in [0.25, 0.3) is 0 Å². The highest BCUT2D eigenvalue weighted by molar-refractivity contribution is 7.86. The van der Waals surface area contributed by atoms with Gasteiger partial charge in [-0.05, 0) is 24.6 Å². The Bertz CT molecular complexity index is 607. The summed E-state index contributed by atoms with van der Waals surface area (Å²) in [5.74, 6) is -1.16. The van der Waals surface area contributed by atoms with Crippen LogP contribution in [0.25, 0.3) is 6.08 Å². The second-order valence-electron chi connectivity index (χ2n) is 3.89. The summed E-state index contributed by atoms with van der Waals surface area (Å²) in [5.41, 5.74) is 0.642. The fourth-order valence-electron chi connectivity index (χ4n) is 1.26. The zero-order valence-electron chi connectivity index (χ0n) is 10.4. The Morgan fingerprint density at radius 1 is 1.40 bits per heavy atom. The lowest BCUT2D eigenvalue weighted by Crippen LogP contribution is -2.42. The Morgan fingerprint density at radius 2 is 1.90 bits per heavy atom. The third-order valence-corrected chi connectivity index (χ3v) is 3.47. The molecule has 0 aliphatic heterocycles.